The number of hydrogen-bond acceptors (Lipinski definition) is 4. The fourth-order valence-electron chi connectivity index (χ4n) is 2.08. The molecular formula is C18H23N5O. The Balaban J connectivity index is 3.33. The number of anilines is 1. The number of rotatable bonds is 7. The maximum Gasteiger partial charge on any atom is 0.316 e. The summed E-state index contributed by atoms with van der Waals surface area (Å²) in [7, 11) is 0. The number of carbonyl (C=O) groups excluding carboxylic acids is 1. The third-order valence-electron chi connectivity index (χ3n) is 3.10. The molecule has 7 N–H and O–H groups in total. The number of allylic oxidation sites excluding steroid dienone is 4. The molecule has 0 spiro atoms. The van der Waals surface area contributed by atoms with Crippen LogP contribution in [0.5, 0.6) is 0 Å². The van der Waals surface area contributed by atoms with Gasteiger partial charge in [0.25, 0.3) is 0 Å². The summed E-state index contributed by atoms with van der Waals surface area (Å²) >= 11 is 0. The van der Waals surface area contributed by atoms with E-state index in [2.05, 4.69) is 18.5 Å². The van der Waals surface area contributed by atoms with E-state index in [1.807, 2.05) is 31.2 Å². The van der Waals surface area contributed by atoms with Crippen LogP contribution in [0.4, 0.5) is 10.5 Å². The number of hydrazine groups is 1. The standard InChI is InChI=1S/C18H23N5O/c1-4-7-17(23(21)16-9-6-5-8-13(16)2)15(10-11-19)12-14(3)22-18(20)24/h4-12H,1,3,19,21H2,2H3,(H3,20,22,24)/b11-10-,15-12+,17-7-. The van der Waals surface area contributed by atoms with Crippen LogP contribution in [0, 0.1) is 6.92 Å². The molecule has 0 heterocycles. The number of hydrogen-bond donors (Lipinski definition) is 4. The molecule has 126 valence electrons. The first-order chi connectivity index (χ1) is 11.4. The molecule has 0 atom stereocenters. The molecule has 6 heteroatoms. The number of primary amides is 1. The first-order valence-corrected chi connectivity index (χ1v) is 7.19. The number of aryl methyl sites for hydroxylation is 1. The summed E-state index contributed by atoms with van der Waals surface area (Å²) in [5.41, 5.74) is 14.0. The van der Waals surface area contributed by atoms with Gasteiger partial charge in [0.15, 0.2) is 0 Å². The summed E-state index contributed by atoms with van der Waals surface area (Å²) in [5.74, 6) is 6.29. The molecule has 0 radical (unpaired) electrons. The van der Waals surface area contributed by atoms with Crippen LogP contribution >= 0.6 is 0 Å². The maximum absolute atomic E-state index is 11.0. The first-order valence-electron chi connectivity index (χ1n) is 7.19. The molecular weight excluding hydrogens is 302 g/mol. The molecule has 0 aliphatic carbocycles. The van der Waals surface area contributed by atoms with E-state index in [-0.39, 0.29) is 0 Å². The van der Waals surface area contributed by atoms with Gasteiger partial charge in [0.2, 0.25) is 0 Å². The molecule has 24 heavy (non-hydrogen) atoms. The van der Waals surface area contributed by atoms with Crippen LogP contribution in [-0.2, 0) is 0 Å². The average Bonchev–Trinajstić information content (AvgIpc) is 2.51. The predicted molar refractivity (Wildman–Crippen MR) is 99.4 cm³/mol. The van der Waals surface area contributed by atoms with Crippen molar-refractivity contribution in [1.29, 1.82) is 0 Å². The molecule has 0 aliphatic rings. The van der Waals surface area contributed by atoms with Gasteiger partial charge in [0.05, 0.1) is 11.4 Å². The lowest BCUT2D eigenvalue weighted by Gasteiger charge is -2.24. The van der Waals surface area contributed by atoms with Crippen molar-refractivity contribution in [3.8, 4) is 0 Å². The van der Waals surface area contributed by atoms with Gasteiger partial charge in [-0.05, 0) is 43.0 Å². The summed E-state index contributed by atoms with van der Waals surface area (Å²) in [4.78, 5) is 11.0. The molecule has 1 aromatic carbocycles. The van der Waals surface area contributed by atoms with Gasteiger partial charge in [0.1, 0.15) is 0 Å². The Morgan fingerprint density at radius 2 is 2.00 bits per heavy atom. The highest BCUT2D eigenvalue weighted by Gasteiger charge is 2.13. The van der Waals surface area contributed by atoms with Crippen molar-refractivity contribution in [2.75, 3.05) is 5.01 Å². The molecule has 2 amide bonds. The summed E-state index contributed by atoms with van der Waals surface area (Å²) in [6.45, 7) is 9.40. The van der Waals surface area contributed by atoms with Crippen molar-refractivity contribution in [3.63, 3.8) is 0 Å². The lowest BCUT2D eigenvalue weighted by atomic mass is 10.1. The Morgan fingerprint density at radius 1 is 1.33 bits per heavy atom. The smallest absolute Gasteiger partial charge is 0.316 e. The fraction of sp³-hybridized carbons (Fsp3) is 0.0556. The van der Waals surface area contributed by atoms with Gasteiger partial charge in [0, 0.05) is 11.3 Å². The highest BCUT2D eigenvalue weighted by molar-refractivity contribution is 5.74. The summed E-state index contributed by atoms with van der Waals surface area (Å²) in [6, 6.07) is 6.97. The second kappa shape index (κ2) is 9.02. The molecule has 0 aliphatic heterocycles. The Bertz CT molecular complexity index is 716. The Hall–Kier alpha value is -3.25. The van der Waals surface area contributed by atoms with Gasteiger partial charge in [-0.3, -0.25) is 5.01 Å². The number of benzene rings is 1. The third-order valence-corrected chi connectivity index (χ3v) is 3.10. The summed E-state index contributed by atoms with van der Waals surface area (Å²) in [6.07, 6.45) is 7.96. The average molecular weight is 325 g/mol. The van der Waals surface area contributed by atoms with E-state index in [0.29, 0.717) is 17.0 Å². The van der Waals surface area contributed by atoms with Crippen LogP contribution < -0.4 is 27.6 Å². The lowest BCUT2D eigenvalue weighted by Crippen LogP contribution is -2.32. The highest BCUT2D eigenvalue weighted by Crippen LogP contribution is 2.25. The molecule has 0 aromatic heterocycles. The van der Waals surface area contributed by atoms with E-state index < -0.39 is 6.03 Å². The quantitative estimate of drug-likeness (QED) is 0.350. The van der Waals surface area contributed by atoms with Crippen LogP contribution in [0.3, 0.4) is 0 Å². The van der Waals surface area contributed by atoms with E-state index in [1.165, 1.54) is 11.2 Å². The van der Waals surface area contributed by atoms with Gasteiger partial charge in [-0.25, -0.2) is 10.6 Å². The number of nitrogens with two attached hydrogens (primary N) is 3. The van der Waals surface area contributed by atoms with Gasteiger partial charge in [-0.2, -0.15) is 0 Å². The lowest BCUT2D eigenvalue weighted by molar-refractivity contribution is 0.251. The molecule has 0 bridgehead atoms. The third kappa shape index (κ3) is 5.19. The Morgan fingerprint density at radius 3 is 2.54 bits per heavy atom. The van der Waals surface area contributed by atoms with Gasteiger partial charge in [-0.1, -0.05) is 37.4 Å². The minimum Gasteiger partial charge on any atom is -0.405 e. The van der Waals surface area contributed by atoms with E-state index in [4.69, 9.17) is 17.3 Å². The topological polar surface area (TPSA) is 110 Å². The molecule has 1 rings (SSSR count). The summed E-state index contributed by atoms with van der Waals surface area (Å²) < 4.78 is 0. The zero-order valence-corrected chi connectivity index (χ0v) is 13.7. The zero-order chi connectivity index (χ0) is 18.1. The van der Waals surface area contributed by atoms with Gasteiger partial charge < -0.3 is 16.8 Å². The van der Waals surface area contributed by atoms with Crippen LogP contribution in [0.1, 0.15) is 5.56 Å². The fourth-order valence-corrected chi connectivity index (χ4v) is 2.08. The first kappa shape index (κ1) is 18.8. The number of urea groups is 1. The van der Waals surface area contributed by atoms with E-state index >= 15 is 0 Å². The van der Waals surface area contributed by atoms with E-state index in [1.54, 1.807) is 24.3 Å². The van der Waals surface area contributed by atoms with Gasteiger partial charge in [-0.15, -0.1) is 0 Å². The SMILES string of the molecule is C=C/C=C(C(/C=C\N)=C/C(=C)NC(N)=O)\N(N)c1ccccc1C. The Kier molecular flexibility index (Phi) is 7.06. The molecule has 0 unspecified atom stereocenters. The van der Waals surface area contributed by atoms with Crippen LogP contribution in [0.2, 0.25) is 0 Å². The molecule has 0 saturated carbocycles. The Labute approximate surface area is 142 Å². The zero-order valence-electron chi connectivity index (χ0n) is 13.7. The second-order valence-corrected chi connectivity index (χ2v) is 4.92. The minimum absolute atomic E-state index is 0.309. The summed E-state index contributed by atoms with van der Waals surface area (Å²) in [5, 5.41) is 3.91. The number of nitrogens with zero attached hydrogens (tertiary/aromatic N) is 1. The van der Waals surface area contributed by atoms with Crippen molar-refractivity contribution in [1.82, 2.24) is 5.32 Å². The number of amides is 2. The molecule has 6 nitrogen and oxygen atoms in total. The predicted octanol–water partition coefficient (Wildman–Crippen LogP) is 2.33. The van der Waals surface area contributed by atoms with Gasteiger partial charge >= 0.3 is 6.03 Å². The van der Waals surface area contributed by atoms with Crippen molar-refractivity contribution in [2.45, 2.75) is 6.92 Å². The number of carbonyl (C=O) groups is 1. The van der Waals surface area contributed by atoms with Crippen LogP contribution in [-0.4, -0.2) is 6.03 Å². The monoisotopic (exact) mass is 325 g/mol. The maximum atomic E-state index is 11.0. The van der Waals surface area contributed by atoms with E-state index in [9.17, 15) is 4.79 Å². The molecule has 0 saturated heterocycles. The minimum atomic E-state index is -0.704. The van der Waals surface area contributed by atoms with Crippen molar-refractivity contribution in [3.05, 3.63) is 90.5 Å². The largest absolute Gasteiger partial charge is 0.405 e. The van der Waals surface area contributed by atoms with Crippen LogP contribution in [0.15, 0.2) is 84.9 Å². The number of para-hydroxylation sites is 1. The van der Waals surface area contributed by atoms with Crippen molar-refractivity contribution < 1.29 is 4.79 Å². The van der Waals surface area contributed by atoms with Crippen molar-refractivity contribution in [2.24, 2.45) is 17.3 Å². The van der Waals surface area contributed by atoms with Crippen LogP contribution in [0.25, 0.3) is 0 Å². The van der Waals surface area contributed by atoms with Crippen molar-refractivity contribution >= 4 is 11.7 Å². The second-order valence-electron chi connectivity index (χ2n) is 4.92. The molecule has 0 fully saturated rings. The van der Waals surface area contributed by atoms with E-state index in [0.717, 1.165) is 11.3 Å². The molecule has 1 aromatic rings. The number of nitrogens with one attached hydrogen (secondary N) is 1. The highest BCUT2D eigenvalue weighted by atomic mass is 16.2. The normalized spacial score (nSPS) is 12.1.